The monoisotopic (exact) mass is 232 g/mol. The van der Waals surface area contributed by atoms with Crippen molar-refractivity contribution >= 4 is 0 Å². The first kappa shape index (κ1) is 13.5. The van der Waals surface area contributed by atoms with Crippen LogP contribution in [0.3, 0.4) is 0 Å². The van der Waals surface area contributed by atoms with E-state index in [2.05, 4.69) is 4.98 Å². The molecule has 0 amide bonds. The van der Waals surface area contributed by atoms with Gasteiger partial charge in [0.1, 0.15) is 5.76 Å². The van der Waals surface area contributed by atoms with Gasteiger partial charge in [-0.1, -0.05) is 32.0 Å². The van der Waals surface area contributed by atoms with Crippen molar-refractivity contribution < 1.29 is 4.42 Å². The van der Waals surface area contributed by atoms with Crippen molar-refractivity contribution in [1.29, 1.82) is 0 Å². The summed E-state index contributed by atoms with van der Waals surface area (Å²) in [4.78, 5) is 4.42. The Kier molecular flexibility index (Phi) is 5.43. The highest BCUT2D eigenvalue weighted by Crippen LogP contribution is 2.21. The van der Waals surface area contributed by atoms with Crippen LogP contribution in [0.2, 0.25) is 0 Å². The van der Waals surface area contributed by atoms with Crippen molar-refractivity contribution in [2.24, 2.45) is 5.73 Å². The highest BCUT2D eigenvalue weighted by atomic mass is 16.4. The second kappa shape index (κ2) is 6.86. The van der Waals surface area contributed by atoms with Crippen LogP contribution in [-0.4, -0.2) is 11.5 Å². The molecule has 0 aliphatic rings. The van der Waals surface area contributed by atoms with Gasteiger partial charge in [0.25, 0.3) is 0 Å². The highest BCUT2D eigenvalue weighted by Gasteiger charge is 2.09. The van der Waals surface area contributed by atoms with Gasteiger partial charge in [-0.15, -0.1) is 0 Å². The van der Waals surface area contributed by atoms with E-state index in [4.69, 9.17) is 10.2 Å². The van der Waals surface area contributed by atoms with Crippen molar-refractivity contribution in [3.8, 4) is 11.5 Å². The summed E-state index contributed by atoms with van der Waals surface area (Å²) in [5.74, 6) is 1.54. The van der Waals surface area contributed by atoms with Crippen LogP contribution in [0.5, 0.6) is 0 Å². The molecule has 0 saturated carbocycles. The van der Waals surface area contributed by atoms with Crippen LogP contribution in [0.1, 0.15) is 25.3 Å². The molecular weight excluding hydrogens is 212 g/mol. The lowest BCUT2D eigenvalue weighted by atomic mass is 10.2. The first-order valence-electron chi connectivity index (χ1n) is 6.03. The second-order valence-corrected chi connectivity index (χ2v) is 3.43. The Balaban J connectivity index is 0.000000686. The fourth-order valence-electron chi connectivity index (χ4n) is 1.50. The van der Waals surface area contributed by atoms with Crippen LogP contribution in [-0.2, 0) is 6.42 Å². The van der Waals surface area contributed by atoms with E-state index in [-0.39, 0.29) is 0 Å². The van der Waals surface area contributed by atoms with Gasteiger partial charge in [0.2, 0.25) is 5.89 Å². The lowest BCUT2D eigenvalue weighted by Gasteiger charge is -1.92. The van der Waals surface area contributed by atoms with Crippen LogP contribution in [0.15, 0.2) is 34.7 Å². The van der Waals surface area contributed by atoms with Crippen molar-refractivity contribution in [3.63, 3.8) is 0 Å². The molecule has 0 spiro atoms. The van der Waals surface area contributed by atoms with Gasteiger partial charge in [0, 0.05) is 12.0 Å². The van der Waals surface area contributed by atoms with E-state index in [0.717, 1.165) is 23.4 Å². The average molecular weight is 232 g/mol. The maximum Gasteiger partial charge on any atom is 0.226 e. The van der Waals surface area contributed by atoms with Gasteiger partial charge in [-0.05, 0) is 25.6 Å². The highest BCUT2D eigenvalue weighted by molar-refractivity contribution is 5.53. The quantitative estimate of drug-likeness (QED) is 0.884. The number of nitrogens with zero attached hydrogens (tertiary/aromatic N) is 1. The maximum atomic E-state index is 5.59. The molecule has 1 aromatic heterocycles. The van der Waals surface area contributed by atoms with Crippen LogP contribution in [0.25, 0.3) is 11.5 Å². The van der Waals surface area contributed by atoms with Crippen LogP contribution in [0, 0.1) is 6.92 Å². The molecule has 17 heavy (non-hydrogen) atoms. The normalized spacial score (nSPS) is 9.65. The second-order valence-electron chi connectivity index (χ2n) is 3.43. The third kappa shape index (κ3) is 3.43. The van der Waals surface area contributed by atoms with E-state index in [0.29, 0.717) is 12.4 Å². The molecule has 0 bridgehead atoms. The molecule has 2 aromatic rings. The van der Waals surface area contributed by atoms with Crippen LogP contribution in [0.4, 0.5) is 0 Å². The predicted octanol–water partition coefficient (Wildman–Crippen LogP) is 3.18. The summed E-state index contributed by atoms with van der Waals surface area (Å²) < 4.78 is 5.59. The zero-order chi connectivity index (χ0) is 12.7. The van der Waals surface area contributed by atoms with Gasteiger partial charge in [0.15, 0.2) is 0 Å². The Hall–Kier alpha value is -1.61. The summed E-state index contributed by atoms with van der Waals surface area (Å²) in [6.45, 7) is 6.52. The van der Waals surface area contributed by atoms with Gasteiger partial charge in [-0.3, -0.25) is 0 Å². The zero-order valence-electron chi connectivity index (χ0n) is 10.7. The third-order valence-electron chi connectivity index (χ3n) is 2.29. The molecule has 0 radical (unpaired) electrons. The van der Waals surface area contributed by atoms with E-state index in [9.17, 15) is 0 Å². The number of aryl methyl sites for hydroxylation is 1. The minimum atomic E-state index is 0.599. The number of hydrogen-bond acceptors (Lipinski definition) is 3. The van der Waals surface area contributed by atoms with Crippen molar-refractivity contribution in [2.75, 3.05) is 6.54 Å². The van der Waals surface area contributed by atoms with Gasteiger partial charge in [0.05, 0.1) is 5.69 Å². The third-order valence-corrected chi connectivity index (χ3v) is 2.29. The van der Waals surface area contributed by atoms with Crippen LogP contribution < -0.4 is 5.73 Å². The summed E-state index contributed by atoms with van der Waals surface area (Å²) in [5, 5.41) is 0. The molecule has 3 heteroatoms. The topological polar surface area (TPSA) is 52.0 Å². The van der Waals surface area contributed by atoms with Gasteiger partial charge < -0.3 is 10.2 Å². The largest absolute Gasteiger partial charge is 0.441 e. The summed E-state index contributed by atoms with van der Waals surface area (Å²) in [6.07, 6.45) is 0.766. The summed E-state index contributed by atoms with van der Waals surface area (Å²) in [5.41, 5.74) is 7.45. The standard InChI is InChI=1S/C12H14N2O.C2H6/c1-9-11(7-8-13)14-12(15-9)10-5-3-2-4-6-10;1-2/h2-6H,7-8,13H2,1H3;1-2H3. The molecule has 0 saturated heterocycles. The molecule has 0 fully saturated rings. The molecule has 3 nitrogen and oxygen atoms in total. The summed E-state index contributed by atoms with van der Waals surface area (Å²) >= 11 is 0. The molecule has 0 atom stereocenters. The lowest BCUT2D eigenvalue weighted by molar-refractivity contribution is 0.539. The number of oxazole rings is 1. The van der Waals surface area contributed by atoms with Crippen LogP contribution >= 0.6 is 0 Å². The Labute approximate surface area is 103 Å². The Morgan fingerprint density at radius 2 is 1.82 bits per heavy atom. The SMILES string of the molecule is CC.Cc1oc(-c2ccccc2)nc1CCN. The summed E-state index contributed by atoms with van der Waals surface area (Å²) in [7, 11) is 0. The Morgan fingerprint density at radius 1 is 1.18 bits per heavy atom. The fraction of sp³-hybridized carbons (Fsp3) is 0.357. The molecule has 1 heterocycles. The number of hydrogen-bond donors (Lipinski definition) is 1. The molecule has 0 unspecified atom stereocenters. The molecule has 92 valence electrons. The van der Waals surface area contributed by atoms with Gasteiger partial charge in [-0.2, -0.15) is 0 Å². The average Bonchev–Trinajstić information content (AvgIpc) is 2.75. The minimum Gasteiger partial charge on any atom is -0.441 e. The Bertz CT molecular complexity index is 435. The first-order valence-corrected chi connectivity index (χ1v) is 6.03. The predicted molar refractivity (Wildman–Crippen MR) is 70.8 cm³/mol. The number of aromatic nitrogens is 1. The van der Waals surface area contributed by atoms with Gasteiger partial charge in [-0.25, -0.2) is 4.98 Å². The molecule has 0 aliphatic carbocycles. The van der Waals surface area contributed by atoms with E-state index < -0.39 is 0 Å². The lowest BCUT2D eigenvalue weighted by Crippen LogP contribution is -2.03. The van der Waals surface area contributed by atoms with E-state index in [1.54, 1.807) is 0 Å². The molecular formula is C14H20N2O. The molecule has 2 N–H and O–H groups in total. The van der Waals surface area contributed by atoms with E-state index >= 15 is 0 Å². The number of nitrogens with two attached hydrogens (primary N) is 1. The Morgan fingerprint density at radius 3 is 2.41 bits per heavy atom. The number of benzene rings is 1. The van der Waals surface area contributed by atoms with E-state index in [1.165, 1.54) is 0 Å². The van der Waals surface area contributed by atoms with Gasteiger partial charge >= 0.3 is 0 Å². The number of rotatable bonds is 3. The fourth-order valence-corrected chi connectivity index (χ4v) is 1.50. The smallest absolute Gasteiger partial charge is 0.226 e. The molecule has 1 aromatic carbocycles. The minimum absolute atomic E-state index is 0.599. The maximum absolute atomic E-state index is 5.59. The van der Waals surface area contributed by atoms with Crippen molar-refractivity contribution in [2.45, 2.75) is 27.2 Å². The van der Waals surface area contributed by atoms with E-state index in [1.807, 2.05) is 51.1 Å². The first-order chi connectivity index (χ1) is 8.31. The molecule has 0 aliphatic heterocycles. The zero-order valence-corrected chi connectivity index (χ0v) is 10.7. The molecule has 2 rings (SSSR count). The van der Waals surface area contributed by atoms with Crippen molar-refractivity contribution in [1.82, 2.24) is 4.98 Å². The van der Waals surface area contributed by atoms with Crippen molar-refractivity contribution in [3.05, 3.63) is 41.8 Å². The summed E-state index contributed by atoms with van der Waals surface area (Å²) in [6, 6.07) is 9.88.